The minimum Gasteiger partial charge on any atom is -0.396 e. The first-order valence-electron chi connectivity index (χ1n) is 6.65. The molecule has 0 spiro atoms. The Morgan fingerprint density at radius 1 is 1.15 bits per heavy atom. The van der Waals surface area contributed by atoms with E-state index in [4.69, 9.17) is 5.11 Å². The summed E-state index contributed by atoms with van der Waals surface area (Å²) in [6, 6.07) is 12.6. The van der Waals surface area contributed by atoms with Crippen LogP contribution in [-0.4, -0.2) is 26.2 Å². The summed E-state index contributed by atoms with van der Waals surface area (Å²) in [7, 11) is -3.51. The number of nitrogens with one attached hydrogen (secondary N) is 1. The molecule has 2 rings (SSSR count). The van der Waals surface area contributed by atoms with Crippen molar-refractivity contribution in [1.82, 2.24) is 4.72 Å². The Hall–Kier alpha value is -1.43. The summed E-state index contributed by atoms with van der Waals surface area (Å²) >= 11 is 0. The second-order valence-corrected chi connectivity index (χ2v) is 6.61. The van der Waals surface area contributed by atoms with Crippen LogP contribution in [0.15, 0.2) is 47.4 Å². The van der Waals surface area contributed by atoms with Crippen molar-refractivity contribution in [3.05, 3.63) is 42.5 Å². The number of rotatable bonds is 6. The van der Waals surface area contributed by atoms with Gasteiger partial charge in [-0.15, -0.1) is 0 Å². The van der Waals surface area contributed by atoms with Gasteiger partial charge < -0.3 is 5.11 Å². The zero-order chi connectivity index (χ0) is 14.6. The fourth-order valence-corrected chi connectivity index (χ4v) is 3.44. The van der Waals surface area contributed by atoms with E-state index in [1.807, 2.05) is 30.3 Å². The lowest BCUT2D eigenvalue weighted by atomic mass is 10.1. The van der Waals surface area contributed by atoms with E-state index in [1.54, 1.807) is 19.1 Å². The predicted octanol–water partition coefficient (Wildman–Crippen LogP) is 2.28. The Balaban J connectivity index is 2.23. The average molecular weight is 293 g/mol. The number of hydrogen-bond donors (Lipinski definition) is 2. The lowest BCUT2D eigenvalue weighted by Gasteiger charge is -2.14. The summed E-state index contributed by atoms with van der Waals surface area (Å²) < 4.78 is 27.2. The molecule has 0 heterocycles. The lowest BCUT2D eigenvalue weighted by molar-refractivity contribution is 0.279. The Labute approximate surface area is 119 Å². The summed E-state index contributed by atoms with van der Waals surface area (Å²) in [4.78, 5) is 0.270. The fourth-order valence-electron chi connectivity index (χ4n) is 2.12. The molecular weight excluding hydrogens is 274 g/mol. The van der Waals surface area contributed by atoms with Gasteiger partial charge >= 0.3 is 0 Å². The maximum Gasteiger partial charge on any atom is 0.240 e. The molecule has 20 heavy (non-hydrogen) atoms. The third kappa shape index (κ3) is 3.56. The fraction of sp³-hybridized carbons (Fsp3) is 0.333. The van der Waals surface area contributed by atoms with Gasteiger partial charge in [0.2, 0.25) is 10.0 Å². The van der Waals surface area contributed by atoms with E-state index >= 15 is 0 Å². The first-order chi connectivity index (χ1) is 9.53. The van der Waals surface area contributed by atoms with Gasteiger partial charge in [-0.2, -0.15) is 0 Å². The van der Waals surface area contributed by atoms with Gasteiger partial charge in [0.05, 0.1) is 4.90 Å². The van der Waals surface area contributed by atoms with Crippen molar-refractivity contribution < 1.29 is 13.5 Å². The van der Waals surface area contributed by atoms with Gasteiger partial charge in [-0.05, 0) is 42.7 Å². The van der Waals surface area contributed by atoms with Crippen molar-refractivity contribution >= 4 is 20.8 Å². The van der Waals surface area contributed by atoms with Crippen molar-refractivity contribution in [2.24, 2.45) is 0 Å². The Bertz CT molecular complexity index is 682. The molecule has 0 aliphatic carbocycles. The Morgan fingerprint density at radius 3 is 2.55 bits per heavy atom. The van der Waals surface area contributed by atoms with Crippen LogP contribution < -0.4 is 4.72 Å². The minimum atomic E-state index is -3.51. The van der Waals surface area contributed by atoms with Gasteiger partial charge in [-0.1, -0.05) is 30.3 Å². The monoisotopic (exact) mass is 293 g/mol. The van der Waals surface area contributed by atoms with E-state index in [0.717, 1.165) is 10.8 Å². The molecular formula is C15H19NO3S. The highest BCUT2D eigenvalue weighted by Crippen LogP contribution is 2.19. The van der Waals surface area contributed by atoms with Crippen LogP contribution in [0.25, 0.3) is 10.8 Å². The second kappa shape index (κ2) is 6.35. The standard InChI is InChI=1S/C15H19NO3S/c1-12(5-4-10-17)16-20(18,19)15-9-8-13-6-2-3-7-14(13)11-15/h2-3,6-9,11-12,16-17H,4-5,10H2,1H3. The van der Waals surface area contributed by atoms with Crippen LogP contribution in [0.3, 0.4) is 0 Å². The number of benzene rings is 2. The molecule has 5 heteroatoms. The lowest BCUT2D eigenvalue weighted by Crippen LogP contribution is -2.32. The van der Waals surface area contributed by atoms with Gasteiger partial charge in [0.15, 0.2) is 0 Å². The third-order valence-corrected chi connectivity index (χ3v) is 4.77. The molecule has 0 radical (unpaired) electrons. The summed E-state index contributed by atoms with van der Waals surface area (Å²) in [5, 5.41) is 10.7. The molecule has 2 aromatic carbocycles. The van der Waals surface area contributed by atoms with Gasteiger partial charge in [-0.25, -0.2) is 13.1 Å². The van der Waals surface area contributed by atoms with Crippen molar-refractivity contribution in [2.45, 2.75) is 30.7 Å². The van der Waals surface area contributed by atoms with Crippen LogP contribution in [-0.2, 0) is 10.0 Å². The van der Waals surface area contributed by atoms with Crippen molar-refractivity contribution in [1.29, 1.82) is 0 Å². The van der Waals surface area contributed by atoms with Crippen molar-refractivity contribution in [3.63, 3.8) is 0 Å². The van der Waals surface area contributed by atoms with Crippen LogP contribution in [0.1, 0.15) is 19.8 Å². The largest absolute Gasteiger partial charge is 0.396 e. The SMILES string of the molecule is CC(CCCO)NS(=O)(=O)c1ccc2ccccc2c1. The number of fused-ring (bicyclic) bond motifs is 1. The van der Waals surface area contributed by atoms with Crippen LogP contribution in [0.2, 0.25) is 0 Å². The predicted molar refractivity (Wildman–Crippen MR) is 80.1 cm³/mol. The zero-order valence-corrected chi connectivity index (χ0v) is 12.2. The average Bonchev–Trinajstić information content (AvgIpc) is 2.44. The Kier molecular flexibility index (Phi) is 4.75. The quantitative estimate of drug-likeness (QED) is 0.858. The maximum absolute atomic E-state index is 12.3. The molecule has 4 nitrogen and oxygen atoms in total. The molecule has 2 N–H and O–H groups in total. The highest BCUT2D eigenvalue weighted by molar-refractivity contribution is 7.89. The first-order valence-corrected chi connectivity index (χ1v) is 8.13. The van der Waals surface area contributed by atoms with Gasteiger partial charge in [-0.3, -0.25) is 0 Å². The smallest absolute Gasteiger partial charge is 0.240 e. The molecule has 0 saturated heterocycles. The third-order valence-electron chi connectivity index (χ3n) is 3.18. The number of aliphatic hydroxyl groups is 1. The Morgan fingerprint density at radius 2 is 1.85 bits per heavy atom. The van der Waals surface area contributed by atoms with E-state index in [1.165, 1.54) is 0 Å². The number of aliphatic hydroxyl groups excluding tert-OH is 1. The van der Waals surface area contributed by atoms with Gasteiger partial charge in [0.1, 0.15) is 0 Å². The van der Waals surface area contributed by atoms with Crippen LogP contribution in [0, 0.1) is 0 Å². The molecule has 1 atom stereocenters. The summed E-state index contributed by atoms with van der Waals surface area (Å²) in [6.07, 6.45) is 1.20. The molecule has 0 aliphatic heterocycles. The normalized spacial score (nSPS) is 13.5. The molecule has 0 amide bonds. The summed E-state index contributed by atoms with van der Waals surface area (Å²) in [5.41, 5.74) is 0. The van der Waals surface area contributed by atoms with Gasteiger partial charge in [0, 0.05) is 12.6 Å². The molecule has 0 saturated carbocycles. The van der Waals surface area contributed by atoms with E-state index in [0.29, 0.717) is 12.8 Å². The van der Waals surface area contributed by atoms with E-state index in [-0.39, 0.29) is 17.5 Å². The molecule has 0 aromatic heterocycles. The van der Waals surface area contributed by atoms with Crippen LogP contribution in [0.4, 0.5) is 0 Å². The van der Waals surface area contributed by atoms with Gasteiger partial charge in [0.25, 0.3) is 0 Å². The van der Waals surface area contributed by atoms with E-state index < -0.39 is 10.0 Å². The minimum absolute atomic E-state index is 0.0715. The number of hydrogen-bond acceptors (Lipinski definition) is 3. The van der Waals surface area contributed by atoms with Crippen LogP contribution in [0.5, 0.6) is 0 Å². The summed E-state index contributed by atoms with van der Waals surface area (Å²) in [5.74, 6) is 0. The zero-order valence-electron chi connectivity index (χ0n) is 11.4. The molecule has 1 unspecified atom stereocenters. The van der Waals surface area contributed by atoms with E-state index in [2.05, 4.69) is 4.72 Å². The molecule has 2 aromatic rings. The first kappa shape index (κ1) is 15.0. The molecule has 0 fully saturated rings. The molecule has 108 valence electrons. The van der Waals surface area contributed by atoms with E-state index in [9.17, 15) is 8.42 Å². The summed E-state index contributed by atoms with van der Waals surface area (Å²) in [6.45, 7) is 1.87. The maximum atomic E-state index is 12.3. The second-order valence-electron chi connectivity index (χ2n) is 4.90. The molecule has 0 aliphatic rings. The van der Waals surface area contributed by atoms with Crippen molar-refractivity contribution in [3.8, 4) is 0 Å². The molecule has 0 bridgehead atoms. The number of sulfonamides is 1. The van der Waals surface area contributed by atoms with Crippen LogP contribution >= 0.6 is 0 Å². The van der Waals surface area contributed by atoms with Crippen molar-refractivity contribution in [2.75, 3.05) is 6.61 Å². The highest BCUT2D eigenvalue weighted by Gasteiger charge is 2.17. The topological polar surface area (TPSA) is 66.4 Å². The highest BCUT2D eigenvalue weighted by atomic mass is 32.2.